The standard InChI is InChI=1S/C16H18N2O5/c1-10(2)7-14(19)17-18-15(20)9-22-12-5-3-11-4-6-16(21)23-13(11)8-12/h3-6,8,10H,7,9H2,1-2H3,(H,17,19)(H,18,20). The third-order valence-corrected chi connectivity index (χ3v) is 2.90. The normalized spacial score (nSPS) is 10.6. The first-order chi connectivity index (χ1) is 10.9. The van der Waals surface area contributed by atoms with Crippen molar-refractivity contribution in [2.24, 2.45) is 5.92 Å². The molecule has 0 unspecified atom stereocenters. The molecule has 7 heteroatoms. The van der Waals surface area contributed by atoms with E-state index in [0.717, 1.165) is 5.39 Å². The molecule has 0 atom stereocenters. The van der Waals surface area contributed by atoms with Gasteiger partial charge in [-0.05, 0) is 24.1 Å². The molecule has 0 saturated heterocycles. The molecule has 23 heavy (non-hydrogen) atoms. The van der Waals surface area contributed by atoms with E-state index in [9.17, 15) is 14.4 Å². The number of nitrogens with one attached hydrogen (secondary N) is 2. The maximum Gasteiger partial charge on any atom is 0.336 e. The minimum atomic E-state index is -0.489. The van der Waals surface area contributed by atoms with Crippen molar-refractivity contribution in [1.82, 2.24) is 10.9 Å². The molecule has 1 aromatic carbocycles. The van der Waals surface area contributed by atoms with Crippen LogP contribution in [0.1, 0.15) is 20.3 Å². The van der Waals surface area contributed by atoms with Gasteiger partial charge in [0.2, 0.25) is 5.91 Å². The summed E-state index contributed by atoms with van der Waals surface area (Å²) in [6.07, 6.45) is 0.324. The van der Waals surface area contributed by atoms with Crippen molar-refractivity contribution < 1.29 is 18.7 Å². The molecule has 1 heterocycles. The molecule has 2 N–H and O–H groups in total. The summed E-state index contributed by atoms with van der Waals surface area (Å²) in [6, 6.07) is 7.88. The van der Waals surface area contributed by atoms with Crippen molar-refractivity contribution in [3.63, 3.8) is 0 Å². The Hall–Kier alpha value is -2.83. The molecular weight excluding hydrogens is 300 g/mol. The Morgan fingerprint density at radius 3 is 2.57 bits per heavy atom. The van der Waals surface area contributed by atoms with Gasteiger partial charge in [-0.2, -0.15) is 0 Å². The van der Waals surface area contributed by atoms with Crippen molar-refractivity contribution in [3.05, 3.63) is 40.8 Å². The Morgan fingerprint density at radius 2 is 1.83 bits per heavy atom. The predicted molar refractivity (Wildman–Crippen MR) is 83.7 cm³/mol. The zero-order valence-electron chi connectivity index (χ0n) is 12.9. The van der Waals surface area contributed by atoms with E-state index in [0.29, 0.717) is 17.8 Å². The van der Waals surface area contributed by atoms with Gasteiger partial charge in [-0.25, -0.2) is 4.79 Å². The molecule has 0 bridgehead atoms. The topological polar surface area (TPSA) is 97.6 Å². The predicted octanol–water partition coefficient (Wildman–Crippen LogP) is 1.37. The van der Waals surface area contributed by atoms with Crippen molar-refractivity contribution >= 4 is 22.8 Å². The third kappa shape index (κ3) is 5.14. The van der Waals surface area contributed by atoms with Gasteiger partial charge in [-0.3, -0.25) is 20.4 Å². The van der Waals surface area contributed by atoms with E-state index in [4.69, 9.17) is 9.15 Å². The lowest BCUT2D eigenvalue weighted by atomic mass is 10.1. The van der Waals surface area contributed by atoms with Gasteiger partial charge in [0.15, 0.2) is 6.61 Å². The summed E-state index contributed by atoms with van der Waals surface area (Å²) < 4.78 is 10.3. The Balaban J connectivity index is 1.86. The molecule has 0 aliphatic rings. The molecule has 7 nitrogen and oxygen atoms in total. The number of benzene rings is 1. The van der Waals surface area contributed by atoms with E-state index in [1.807, 2.05) is 13.8 Å². The highest BCUT2D eigenvalue weighted by atomic mass is 16.5. The molecule has 0 saturated carbocycles. The van der Waals surface area contributed by atoms with Crippen LogP contribution in [-0.4, -0.2) is 18.4 Å². The largest absolute Gasteiger partial charge is 0.484 e. The van der Waals surface area contributed by atoms with E-state index in [-0.39, 0.29) is 18.4 Å². The average molecular weight is 318 g/mol. The molecule has 0 radical (unpaired) electrons. The van der Waals surface area contributed by atoms with E-state index in [2.05, 4.69) is 10.9 Å². The Labute approximate surface area is 132 Å². The number of hydrazine groups is 1. The zero-order chi connectivity index (χ0) is 16.8. The van der Waals surface area contributed by atoms with Crippen LogP contribution in [0, 0.1) is 5.92 Å². The van der Waals surface area contributed by atoms with Gasteiger partial charge in [-0.15, -0.1) is 0 Å². The Bertz CT molecular complexity index is 766. The summed E-state index contributed by atoms with van der Waals surface area (Å²) in [5.41, 5.74) is 4.49. The molecule has 0 aliphatic heterocycles. The highest BCUT2D eigenvalue weighted by Crippen LogP contribution is 2.19. The van der Waals surface area contributed by atoms with Crippen LogP contribution in [0.3, 0.4) is 0 Å². The van der Waals surface area contributed by atoms with E-state index < -0.39 is 11.5 Å². The molecule has 1 aromatic heterocycles. The SMILES string of the molecule is CC(C)CC(=O)NNC(=O)COc1ccc2ccc(=O)oc2c1. The number of hydrogen-bond donors (Lipinski definition) is 2. The molecule has 2 rings (SSSR count). The van der Waals surface area contributed by atoms with Gasteiger partial charge in [0.1, 0.15) is 11.3 Å². The van der Waals surface area contributed by atoms with Crippen molar-refractivity contribution in [2.75, 3.05) is 6.61 Å². The van der Waals surface area contributed by atoms with Crippen molar-refractivity contribution in [1.29, 1.82) is 0 Å². The first-order valence-corrected chi connectivity index (χ1v) is 7.18. The number of carbonyl (C=O) groups excluding carboxylic acids is 2. The van der Waals surface area contributed by atoms with Gasteiger partial charge in [0.25, 0.3) is 5.91 Å². The van der Waals surface area contributed by atoms with Gasteiger partial charge in [0.05, 0.1) is 0 Å². The fourth-order valence-corrected chi connectivity index (χ4v) is 1.88. The number of carbonyl (C=O) groups is 2. The van der Waals surface area contributed by atoms with Crippen LogP contribution in [0.5, 0.6) is 5.75 Å². The minimum absolute atomic E-state index is 0.204. The number of rotatable bonds is 5. The number of amides is 2. The van der Waals surface area contributed by atoms with Crippen LogP contribution < -0.4 is 21.2 Å². The van der Waals surface area contributed by atoms with Crippen LogP contribution in [-0.2, 0) is 9.59 Å². The second kappa shape index (κ2) is 7.44. The van der Waals surface area contributed by atoms with Crippen molar-refractivity contribution in [2.45, 2.75) is 20.3 Å². The number of fused-ring (bicyclic) bond motifs is 1. The Morgan fingerprint density at radius 1 is 1.13 bits per heavy atom. The lowest BCUT2D eigenvalue weighted by Crippen LogP contribution is -2.44. The molecular formula is C16H18N2O5. The first kappa shape index (κ1) is 16.5. The fraction of sp³-hybridized carbons (Fsp3) is 0.312. The van der Waals surface area contributed by atoms with Gasteiger partial charge in [0, 0.05) is 23.9 Å². The average Bonchev–Trinajstić information content (AvgIpc) is 2.49. The fourth-order valence-electron chi connectivity index (χ4n) is 1.88. The lowest BCUT2D eigenvalue weighted by molar-refractivity contribution is -0.130. The Kier molecular flexibility index (Phi) is 5.35. The van der Waals surface area contributed by atoms with Gasteiger partial charge < -0.3 is 9.15 Å². The van der Waals surface area contributed by atoms with Crippen LogP contribution in [0.25, 0.3) is 11.0 Å². The second-order valence-electron chi connectivity index (χ2n) is 5.44. The highest BCUT2D eigenvalue weighted by Gasteiger charge is 2.08. The second-order valence-corrected chi connectivity index (χ2v) is 5.44. The van der Waals surface area contributed by atoms with Crippen LogP contribution in [0.15, 0.2) is 39.5 Å². The lowest BCUT2D eigenvalue weighted by Gasteiger charge is -2.10. The summed E-state index contributed by atoms with van der Waals surface area (Å²) in [7, 11) is 0. The molecule has 0 fully saturated rings. The van der Waals surface area contributed by atoms with Crippen LogP contribution in [0.2, 0.25) is 0 Å². The monoisotopic (exact) mass is 318 g/mol. The molecule has 0 aliphatic carbocycles. The van der Waals surface area contributed by atoms with Gasteiger partial charge >= 0.3 is 5.63 Å². The molecule has 122 valence electrons. The van der Waals surface area contributed by atoms with E-state index >= 15 is 0 Å². The molecule has 2 amide bonds. The zero-order valence-corrected chi connectivity index (χ0v) is 12.9. The number of ether oxygens (including phenoxy) is 1. The van der Waals surface area contributed by atoms with E-state index in [1.165, 1.54) is 12.1 Å². The number of hydrogen-bond acceptors (Lipinski definition) is 5. The summed E-state index contributed by atoms with van der Waals surface area (Å²) in [5.74, 6) is -0.163. The maximum absolute atomic E-state index is 11.6. The molecule has 0 spiro atoms. The van der Waals surface area contributed by atoms with Crippen LogP contribution >= 0.6 is 0 Å². The van der Waals surface area contributed by atoms with Crippen LogP contribution in [0.4, 0.5) is 0 Å². The smallest absolute Gasteiger partial charge is 0.336 e. The first-order valence-electron chi connectivity index (χ1n) is 7.18. The molecule has 2 aromatic rings. The van der Waals surface area contributed by atoms with Gasteiger partial charge in [-0.1, -0.05) is 13.8 Å². The third-order valence-electron chi connectivity index (χ3n) is 2.90. The maximum atomic E-state index is 11.6. The quantitative estimate of drug-likeness (QED) is 0.641. The summed E-state index contributed by atoms with van der Waals surface area (Å²) in [4.78, 5) is 34.2. The summed E-state index contributed by atoms with van der Waals surface area (Å²) in [5, 5.41) is 0.752. The van der Waals surface area contributed by atoms with Crippen molar-refractivity contribution in [3.8, 4) is 5.75 Å². The van der Waals surface area contributed by atoms with E-state index in [1.54, 1.807) is 18.2 Å². The highest BCUT2D eigenvalue weighted by molar-refractivity contribution is 5.83. The minimum Gasteiger partial charge on any atom is -0.484 e. The summed E-state index contributed by atoms with van der Waals surface area (Å²) >= 11 is 0. The summed E-state index contributed by atoms with van der Waals surface area (Å²) in [6.45, 7) is 3.54.